The number of rotatable bonds is 2. The highest BCUT2D eigenvalue weighted by Gasteiger charge is 2.57. The molecule has 1 atom stereocenters. The lowest BCUT2D eigenvalue weighted by Gasteiger charge is -2.62. The summed E-state index contributed by atoms with van der Waals surface area (Å²) >= 11 is 5.23. The van der Waals surface area contributed by atoms with Gasteiger partial charge in [-0.2, -0.15) is 9.54 Å². The summed E-state index contributed by atoms with van der Waals surface area (Å²) in [6.07, 6.45) is 4.52. The van der Waals surface area contributed by atoms with E-state index in [0.717, 1.165) is 34.5 Å². The Morgan fingerprint density at radius 2 is 2.12 bits per heavy atom. The van der Waals surface area contributed by atoms with Crippen molar-refractivity contribution in [3.05, 3.63) is 11.0 Å². The van der Waals surface area contributed by atoms with Crippen LogP contribution in [0.2, 0.25) is 5.28 Å². The molecule has 0 aromatic carbocycles. The SMILES string of the molecule is O[S+]1CCc2nc(Cl)nc(NC34CC(C3)C4)c21. The zero-order valence-electron chi connectivity index (χ0n) is 9.24. The highest BCUT2D eigenvalue weighted by Crippen LogP contribution is 2.58. The first-order valence-electron chi connectivity index (χ1n) is 5.90. The molecule has 3 fully saturated rings. The number of fused-ring (bicyclic) bond motifs is 1. The van der Waals surface area contributed by atoms with Crippen LogP contribution in [-0.4, -0.2) is 25.8 Å². The minimum Gasteiger partial charge on any atom is -0.360 e. The Morgan fingerprint density at radius 3 is 2.76 bits per heavy atom. The topological polar surface area (TPSA) is 58.0 Å². The highest BCUT2D eigenvalue weighted by molar-refractivity contribution is 7.92. The average Bonchev–Trinajstić information content (AvgIpc) is 2.51. The maximum atomic E-state index is 10.0. The van der Waals surface area contributed by atoms with E-state index in [1.54, 1.807) is 0 Å². The fraction of sp³-hybridized carbons (Fsp3) is 0.636. The van der Waals surface area contributed by atoms with Gasteiger partial charge in [-0.1, -0.05) is 0 Å². The Labute approximate surface area is 107 Å². The first-order valence-corrected chi connectivity index (χ1v) is 7.63. The van der Waals surface area contributed by atoms with Crippen molar-refractivity contribution in [2.45, 2.75) is 36.1 Å². The lowest BCUT2D eigenvalue weighted by molar-refractivity contribution is 0.00157. The zero-order valence-corrected chi connectivity index (χ0v) is 10.8. The van der Waals surface area contributed by atoms with Crippen LogP contribution in [0.3, 0.4) is 0 Å². The summed E-state index contributed by atoms with van der Waals surface area (Å²) in [5, 5.41) is 3.79. The van der Waals surface area contributed by atoms with Crippen LogP contribution in [0.15, 0.2) is 4.90 Å². The predicted molar refractivity (Wildman–Crippen MR) is 67.6 cm³/mol. The van der Waals surface area contributed by atoms with E-state index in [1.807, 2.05) is 0 Å². The molecule has 1 aromatic rings. The molecule has 90 valence electrons. The molecule has 6 heteroatoms. The largest absolute Gasteiger partial charge is 0.360 e. The second kappa shape index (κ2) is 3.28. The van der Waals surface area contributed by atoms with Crippen LogP contribution < -0.4 is 5.32 Å². The molecule has 2 heterocycles. The van der Waals surface area contributed by atoms with Crippen LogP contribution >= 0.6 is 11.6 Å². The van der Waals surface area contributed by atoms with E-state index in [9.17, 15) is 4.55 Å². The molecule has 1 aromatic heterocycles. The number of aryl methyl sites for hydroxylation is 1. The van der Waals surface area contributed by atoms with Gasteiger partial charge in [-0.05, 0) is 36.8 Å². The average molecular weight is 271 g/mol. The van der Waals surface area contributed by atoms with E-state index in [0.29, 0.717) is 0 Å². The molecule has 2 bridgehead atoms. The molecule has 3 aliphatic carbocycles. The monoisotopic (exact) mass is 270 g/mol. The van der Waals surface area contributed by atoms with Gasteiger partial charge >= 0.3 is 0 Å². The van der Waals surface area contributed by atoms with E-state index in [1.165, 1.54) is 19.3 Å². The van der Waals surface area contributed by atoms with Crippen molar-refractivity contribution in [1.82, 2.24) is 9.97 Å². The third-order valence-electron chi connectivity index (χ3n) is 4.10. The van der Waals surface area contributed by atoms with Crippen LogP contribution in [0.5, 0.6) is 0 Å². The van der Waals surface area contributed by atoms with Crippen molar-refractivity contribution >= 4 is 28.6 Å². The fourth-order valence-electron chi connectivity index (χ4n) is 3.15. The van der Waals surface area contributed by atoms with Gasteiger partial charge in [-0.15, -0.1) is 0 Å². The summed E-state index contributed by atoms with van der Waals surface area (Å²) in [6.45, 7) is 0. The van der Waals surface area contributed by atoms with Crippen LogP contribution in [0.1, 0.15) is 25.0 Å². The lowest BCUT2D eigenvalue weighted by Crippen LogP contribution is -2.63. The molecule has 4 aliphatic rings. The first kappa shape index (κ1) is 10.4. The van der Waals surface area contributed by atoms with Gasteiger partial charge in [0.25, 0.3) is 4.90 Å². The van der Waals surface area contributed by atoms with Crippen molar-refractivity contribution < 1.29 is 4.55 Å². The van der Waals surface area contributed by atoms with Crippen molar-refractivity contribution in [3.8, 4) is 0 Å². The molecule has 2 N–H and O–H groups in total. The predicted octanol–water partition coefficient (Wildman–Crippen LogP) is 2.10. The van der Waals surface area contributed by atoms with Gasteiger partial charge < -0.3 is 5.32 Å². The molecule has 0 saturated heterocycles. The van der Waals surface area contributed by atoms with Gasteiger partial charge in [-0.25, -0.2) is 4.98 Å². The van der Waals surface area contributed by atoms with Crippen molar-refractivity contribution in [1.29, 1.82) is 0 Å². The maximum Gasteiger partial charge on any atom is 0.253 e. The number of halogens is 1. The normalized spacial score (nSPS) is 37.1. The van der Waals surface area contributed by atoms with Gasteiger partial charge in [0, 0.05) is 12.0 Å². The van der Waals surface area contributed by atoms with Crippen molar-refractivity contribution in [3.63, 3.8) is 0 Å². The van der Waals surface area contributed by atoms with Gasteiger partial charge in [0.2, 0.25) is 5.28 Å². The molecule has 1 unspecified atom stereocenters. The highest BCUT2D eigenvalue weighted by atomic mass is 35.5. The smallest absolute Gasteiger partial charge is 0.253 e. The summed E-state index contributed by atoms with van der Waals surface area (Å²) in [5.41, 5.74) is 1.17. The molecule has 0 spiro atoms. The maximum absolute atomic E-state index is 10.0. The lowest BCUT2D eigenvalue weighted by atomic mass is 9.50. The van der Waals surface area contributed by atoms with Gasteiger partial charge in [0.05, 0.1) is 0 Å². The number of anilines is 1. The zero-order chi connectivity index (χ0) is 11.6. The Bertz CT molecular complexity index is 493. The minimum atomic E-state index is -0.709. The Kier molecular flexibility index (Phi) is 2.00. The quantitative estimate of drug-likeness (QED) is 0.638. The third-order valence-corrected chi connectivity index (χ3v) is 5.76. The Balaban J connectivity index is 1.73. The van der Waals surface area contributed by atoms with Gasteiger partial charge in [0.1, 0.15) is 5.69 Å². The van der Waals surface area contributed by atoms with Gasteiger partial charge in [0.15, 0.2) is 22.7 Å². The first-order chi connectivity index (χ1) is 8.15. The second-order valence-electron chi connectivity index (χ2n) is 5.32. The van der Waals surface area contributed by atoms with Crippen molar-refractivity contribution in [2.24, 2.45) is 5.92 Å². The van der Waals surface area contributed by atoms with E-state index in [2.05, 4.69) is 15.3 Å². The molecule has 4 nitrogen and oxygen atoms in total. The number of nitrogens with one attached hydrogen (secondary N) is 1. The molecule has 3 saturated carbocycles. The summed E-state index contributed by atoms with van der Waals surface area (Å²) < 4.78 is 10.0. The summed E-state index contributed by atoms with van der Waals surface area (Å²) in [7, 11) is 0. The minimum absolute atomic E-state index is 0.253. The fourth-order valence-corrected chi connectivity index (χ4v) is 4.66. The Hall–Kier alpha value is -0.520. The summed E-state index contributed by atoms with van der Waals surface area (Å²) in [5.74, 6) is 2.45. The van der Waals surface area contributed by atoms with E-state index < -0.39 is 11.2 Å². The van der Waals surface area contributed by atoms with Crippen LogP contribution in [0.25, 0.3) is 0 Å². The molecule has 1 aliphatic heterocycles. The third kappa shape index (κ3) is 1.42. The van der Waals surface area contributed by atoms with Crippen molar-refractivity contribution in [2.75, 3.05) is 11.1 Å². The Morgan fingerprint density at radius 1 is 1.35 bits per heavy atom. The van der Waals surface area contributed by atoms with Crippen LogP contribution in [0, 0.1) is 5.92 Å². The number of hydrogen-bond donors (Lipinski definition) is 2. The molecule has 17 heavy (non-hydrogen) atoms. The molecular formula is C11H13ClN3OS+. The van der Waals surface area contributed by atoms with E-state index in [4.69, 9.17) is 11.6 Å². The number of aromatic nitrogens is 2. The van der Waals surface area contributed by atoms with E-state index >= 15 is 0 Å². The summed E-state index contributed by atoms with van der Waals surface area (Å²) in [6, 6.07) is 0. The molecule has 0 amide bonds. The van der Waals surface area contributed by atoms with Gasteiger partial charge in [-0.3, -0.25) is 0 Å². The van der Waals surface area contributed by atoms with E-state index in [-0.39, 0.29) is 10.8 Å². The van der Waals surface area contributed by atoms with Crippen LogP contribution in [-0.2, 0) is 17.6 Å². The summed E-state index contributed by atoms with van der Waals surface area (Å²) in [4.78, 5) is 9.39. The molecule has 5 rings (SSSR count). The number of nitrogens with zero attached hydrogens (tertiary/aromatic N) is 2. The van der Waals surface area contributed by atoms with Crippen LogP contribution in [0.4, 0.5) is 5.82 Å². The number of hydrogen-bond acceptors (Lipinski definition) is 4. The molecule has 0 radical (unpaired) electrons. The standard InChI is InChI=1S/C11H13ClN3OS/c12-10-13-7-1-2-17(16)8(7)9(14-10)15-11-3-6(4-11)5-11/h6,16H,1-5H2,(H,13,14,15)/q+1. The second-order valence-corrected chi connectivity index (χ2v) is 7.20. The molecular weight excluding hydrogens is 258 g/mol.